The second-order valence-corrected chi connectivity index (χ2v) is 7.00. The Morgan fingerprint density at radius 3 is 3.00 bits per heavy atom. The van der Waals surface area contributed by atoms with Crippen LogP contribution < -0.4 is 0 Å². The van der Waals surface area contributed by atoms with Gasteiger partial charge in [-0.1, -0.05) is 0 Å². The van der Waals surface area contributed by atoms with Gasteiger partial charge < -0.3 is 4.98 Å². The molecular formula is C17H19FN4S. The van der Waals surface area contributed by atoms with Crippen molar-refractivity contribution in [2.75, 3.05) is 12.0 Å². The fourth-order valence-corrected chi connectivity index (χ4v) is 3.41. The number of aromatic nitrogens is 4. The van der Waals surface area contributed by atoms with Crippen molar-refractivity contribution >= 4 is 22.7 Å². The Kier molecular flexibility index (Phi) is 3.85. The molecule has 3 aromatic rings. The molecule has 23 heavy (non-hydrogen) atoms. The molecule has 0 radical (unpaired) electrons. The average molecular weight is 330 g/mol. The smallest absolute Gasteiger partial charge is 0.160 e. The highest BCUT2D eigenvalue weighted by Crippen LogP contribution is 2.36. The van der Waals surface area contributed by atoms with E-state index in [1.807, 2.05) is 12.3 Å². The summed E-state index contributed by atoms with van der Waals surface area (Å²) in [5, 5.41) is 5.75. The molecule has 0 amide bonds. The van der Waals surface area contributed by atoms with Crippen molar-refractivity contribution in [3.8, 4) is 11.4 Å². The van der Waals surface area contributed by atoms with Gasteiger partial charge in [-0.25, -0.2) is 14.1 Å². The number of aryl methyl sites for hydroxylation is 1. The maximum atomic E-state index is 13.4. The Bertz CT molecular complexity index is 834. The summed E-state index contributed by atoms with van der Waals surface area (Å²) in [5.41, 5.74) is 1.81. The van der Waals surface area contributed by atoms with Gasteiger partial charge in [0.1, 0.15) is 5.82 Å². The molecule has 0 saturated heterocycles. The van der Waals surface area contributed by atoms with E-state index < -0.39 is 0 Å². The number of hydrogen-bond acceptors (Lipinski definition) is 3. The molecule has 0 unspecified atom stereocenters. The summed E-state index contributed by atoms with van der Waals surface area (Å²) in [7, 11) is 0. The van der Waals surface area contributed by atoms with Gasteiger partial charge in [0.2, 0.25) is 0 Å². The van der Waals surface area contributed by atoms with Crippen molar-refractivity contribution in [1.82, 2.24) is 19.7 Å². The van der Waals surface area contributed by atoms with E-state index in [9.17, 15) is 4.39 Å². The lowest BCUT2D eigenvalue weighted by Crippen LogP contribution is -2.19. The van der Waals surface area contributed by atoms with Crippen LogP contribution in [0, 0.1) is 5.82 Å². The molecule has 1 aliphatic carbocycles. The zero-order chi connectivity index (χ0) is 15.8. The number of thioether (sulfide) groups is 1. The summed E-state index contributed by atoms with van der Waals surface area (Å²) in [6.07, 6.45) is 8.47. The predicted molar refractivity (Wildman–Crippen MR) is 92.2 cm³/mol. The van der Waals surface area contributed by atoms with Gasteiger partial charge in [-0.15, -0.1) is 0 Å². The largest absolute Gasteiger partial charge is 0.360 e. The molecule has 0 atom stereocenters. The number of rotatable bonds is 5. The van der Waals surface area contributed by atoms with Crippen LogP contribution in [0.4, 0.5) is 4.39 Å². The molecule has 0 aliphatic heterocycles. The third-order valence-corrected chi connectivity index (χ3v) is 5.12. The van der Waals surface area contributed by atoms with Gasteiger partial charge in [0, 0.05) is 34.8 Å². The molecule has 1 N–H and O–H groups in total. The average Bonchev–Trinajstić information content (AvgIpc) is 3.07. The molecule has 0 spiro atoms. The van der Waals surface area contributed by atoms with Crippen LogP contribution in [-0.4, -0.2) is 31.8 Å². The van der Waals surface area contributed by atoms with Crippen LogP contribution in [0.25, 0.3) is 22.3 Å². The van der Waals surface area contributed by atoms with E-state index in [1.165, 1.54) is 18.6 Å². The lowest BCUT2D eigenvalue weighted by atomic mass is 9.93. The van der Waals surface area contributed by atoms with Crippen LogP contribution in [-0.2, 0) is 6.42 Å². The van der Waals surface area contributed by atoms with Crippen LogP contribution in [0.5, 0.6) is 0 Å². The first kappa shape index (κ1) is 14.8. The first-order valence-corrected chi connectivity index (χ1v) is 9.37. The highest BCUT2D eigenvalue weighted by atomic mass is 32.2. The van der Waals surface area contributed by atoms with E-state index in [4.69, 9.17) is 10.1 Å². The number of hydrogen-bond donors (Lipinski definition) is 1. The third kappa shape index (κ3) is 2.65. The highest BCUT2D eigenvalue weighted by molar-refractivity contribution is 7.98. The molecule has 6 heteroatoms. The van der Waals surface area contributed by atoms with Crippen LogP contribution >= 0.6 is 11.8 Å². The number of nitrogens with zero attached hydrogens (tertiary/aromatic N) is 3. The van der Waals surface area contributed by atoms with Crippen molar-refractivity contribution in [3.05, 3.63) is 36.0 Å². The van der Waals surface area contributed by atoms with Crippen molar-refractivity contribution in [2.45, 2.75) is 31.7 Å². The topological polar surface area (TPSA) is 46.5 Å². The molecule has 2 aromatic heterocycles. The highest BCUT2D eigenvalue weighted by Gasteiger charge is 2.26. The van der Waals surface area contributed by atoms with Gasteiger partial charge in [0.25, 0.3) is 0 Å². The Hall–Kier alpha value is -1.82. The van der Waals surface area contributed by atoms with E-state index in [0.29, 0.717) is 6.04 Å². The standard InChI is InChI=1S/C17H19FN4S/c1-23-8-7-16-20-17(22(21-16)12-3-2-4-12)14-10-19-15-9-11(18)5-6-13(14)15/h5-6,9-10,12,19H,2-4,7-8H2,1H3. The maximum Gasteiger partial charge on any atom is 0.160 e. The van der Waals surface area contributed by atoms with Gasteiger partial charge in [0.05, 0.1) is 6.04 Å². The monoisotopic (exact) mass is 330 g/mol. The lowest BCUT2D eigenvalue weighted by Gasteiger charge is -2.26. The van der Waals surface area contributed by atoms with Crippen LogP contribution in [0.1, 0.15) is 31.1 Å². The molecule has 0 bridgehead atoms. The molecule has 4 rings (SSSR count). The van der Waals surface area contributed by atoms with Gasteiger partial charge in [0.15, 0.2) is 11.6 Å². The van der Waals surface area contributed by atoms with Gasteiger partial charge in [-0.3, -0.25) is 0 Å². The van der Waals surface area contributed by atoms with Gasteiger partial charge in [-0.2, -0.15) is 16.9 Å². The first-order chi connectivity index (χ1) is 11.3. The summed E-state index contributed by atoms with van der Waals surface area (Å²) < 4.78 is 15.5. The Morgan fingerprint density at radius 1 is 1.39 bits per heavy atom. The van der Waals surface area contributed by atoms with Crippen molar-refractivity contribution in [3.63, 3.8) is 0 Å². The quantitative estimate of drug-likeness (QED) is 0.763. The zero-order valence-corrected chi connectivity index (χ0v) is 13.9. The molecule has 1 aliphatic rings. The molecule has 2 heterocycles. The van der Waals surface area contributed by atoms with Crippen molar-refractivity contribution in [1.29, 1.82) is 0 Å². The third-order valence-electron chi connectivity index (χ3n) is 4.51. The molecule has 1 fully saturated rings. The Balaban J connectivity index is 1.80. The molecule has 4 nitrogen and oxygen atoms in total. The molecule has 120 valence electrons. The Morgan fingerprint density at radius 2 is 2.26 bits per heavy atom. The number of aromatic amines is 1. The minimum atomic E-state index is -0.230. The molecule has 1 aromatic carbocycles. The van der Waals surface area contributed by atoms with E-state index in [1.54, 1.807) is 11.8 Å². The van der Waals surface area contributed by atoms with E-state index in [0.717, 1.165) is 53.1 Å². The lowest BCUT2D eigenvalue weighted by molar-refractivity contribution is 0.291. The normalized spacial score (nSPS) is 15.2. The van der Waals surface area contributed by atoms with Gasteiger partial charge >= 0.3 is 0 Å². The minimum absolute atomic E-state index is 0.230. The van der Waals surface area contributed by atoms with Crippen LogP contribution in [0.3, 0.4) is 0 Å². The predicted octanol–water partition coefficient (Wildman–Crippen LogP) is 4.20. The van der Waals surface area contributed by atoms with Crippen molar-refractivity contribution in [2.24, 2.45) is 0 Å². The number of nitrogens with one attached hydrogen (secondary N) is 1. The summed E-state index contributed by atoms with van der Waals surface area (Å²) in [5.74, 6) is 2.60. The number of H-pyrrole nitrogens is 1. The summed E-state index contributed by atoms with van der Waals surface area (Å²) in [4.78, 5) is 7.95. The number of fused-ring (bicyclic) bond motifs is 1. The number of benzene rings is 1. The molecule has 1 saturated carbocycles. The SMILES string of the molecule is CSCCc1nc(-c2c[nH]c3cc(F)ccc23)n(C2CCC2)n1. The summed E-state index contributed by atoms with van der Waals surface area (Å²) in [6.45, 7) is 0. The van der Waals surface area contributed by atoms with E-state index >= 15 is 0 Å². The fraction of sp³-hybridized carbons (Fsp3) is 0.412. The first-order valence-electron chi connectivity index (χ1n) is 7.97. The molecular weight excluding hydrogens is 311 g/mol. The zero-order valence-electron chi connectivity index (χ0n) is 13.1. The van der Waals surface area contributed by atoms with Crippen LogP contribution in [0.15, 0.2) is 24.4 Å². The second kappa shape index (κ2) is 6.00. The van der Waals surface area contributed by atoms with Crippen molar-refractivity contribution < 1.29 is 4.39 Å². The van der Waals surface area contributed by atoms with Gasteiger partial charge in [-0.05, 0) is 43.7 Å². The second-order valence-electron chi connectivity index (χ2n) is 6.02. The summed E-state index contributed by atoms with van der Waals surface area (Å²) in [6, 6.07) is 5.29. The number of halogens is 1. The minimum Gasteiger partial charge on any atom is -0.360 e. The Labute approximate surface area is 138 Å². The summed E-state index contributed by atoms with van der Waals surface area (Å²) >= 11 is 1.80. The van der Waals surface area contributed by atoms with E-state index in [2.05, 4.69) is 15.9 Å². The fourth-order valence-electron chi connectivity index (χ4n) is 3.02. The van der Waals surface area contributed by atoms with E-state index in [-0.39, 0.29) is 5.82 Å². The maximum absolute atomic E-state index is 13.4. The van der Waals surface area contributed by atoms with Crippen LogP contribution in [0.2, 0.25) is 0 Å².